The number of rotatable bonds is 2. The van der Waals surface area contributed by atoms with Crippen LogP contribution in [0.15, 0.2) is 0 Å². The molecule has 0 aliphatic carbocycles. The van der Waals surface area contributed by atoms with Gasteiger partial charge < -0.3 is 10.1 Å². The largest absolute Gasteiger partial charge is 0.477 e. The molecule has 0 radical (unpaired) electrons. The molecule has 0 saturated carbocycles. The molecule has 2 N–H and O–H groups in total. The van der Waals surface area contributed by atoms with Gasteiger partial charge in [-0.05, 0) is 6.92 Å². The van der Waals surface area contributed by atoms with Crippen molar-refractivity contribution in [3.63, 3.8) is 0 Å². The standard InChI is InChI=1S/C10H12N2O2S/c1-4(2)8-11-6-5(3)7(10(13)14)12-9(6)15-8/h4,12H,1-3H3,(H,13,14). The summed E-state index contributed by atoms with van der Waals surface area (Å²) in [6.45, 7) is 5.93. The number of H-pyrrole nitrogens is 1. The zero-order chi connectivity index (χ0) is 11.2. The van der Waals surface area contributed by atoms with Gasteiger partial charge in [0.15, 0.2) is 0 Å². The van der Waals surface area contributed by atoms with Crippen LogP contribution >= 0.6 is 11.3 Å². The third kappa shape index (κ3) is 1.52. The molecule has 2 heterocycles. The SMILES string of the molecule is Cc1c(C(=O)O)[nH]c2sc(C(C)C)nc12. The van der Waals surface area contributed by atoms with Gasteiger partial charge >= 0.3 is 5.97 Å². The monoisotopic (exact) mass is 224 g/mol. The number of thiazole rings is 1. The van der Waals surface area contributed by atoms with Gasteiger partial charge in [0.05, 0.1) is 5.01 Å². The normalized spacial score (nSPS) is 11.5. The van der Waals surface area contributed by atoms with Crippen molar-refractivity contribution in [3.05, 3.63) is 16.3 Å². The van der Waals surface area contributed by atoms with E-state index in [4.69, 9.17) is 5.11 Å². The Morgan fingerprint density at radius 3 is 2.67 bits per heavy atom. The van der Waals surface area contributed by atoms with Crippen LogP contribution in [0.25, 0.3) is 10.3 Å². The number of fused-ring (bicyclic) bond motifs is 1. The Morgan fingerprint density at radius 1 is 1.53 bits per heavy atom. The van der Waals surface area contributed by atoms with Crippen molar-refractivity contribution in [2.45, 2.75) is 26.7 Å². The van der Waals surface area contributed by atoms with Gasteiger partial charge in [-0.15, -0.1) is 11.3 Å². The summed E-state index contributed by atoms with van der Waals surface area (Å²) in [7, 11) is 0. The van der Waals surface area contributed by atoms with Crippen molar-refractivity contribution < 1.29 is 9.90 Å². The number of nitrogens with one attached hydrogen (secondary N) is 1. The van der Waals surface area contributed by atoms with Crippen LogP contribution in [-0.2, 0) is 0 Å². The molecule has 2 rings (SSSR count). The maximum absolute atomic E-state index is 10.9. The molecule has 0 atom stereocenters. The molecule has 4 nitrogen and oxygen atoms in total. The molecule has 0 amide bonds. The van der Waals surface area contributed by atoms with Crippen molar-refractivity contribution in [2.24, 2.45) is 0 Å². The minimum Gasteiger partial charge on any atom is -0.477 e. The zero-order valence-electron chi connectivity index (χ0n) is 8.79. The van der Waals surface area contributed by atoms with Gasteiger partial charge in [0.25, 0.3) is 0 Å². The summed E-state index contributed by atoms with van der Waals surface area (Å²) in [5.41, 5.74) is 1.76. The maximum Gasteiger partial charge on any atom is 0.352 e. The average Bonchev–Trinajstić information content (AvgIpc) is 2.65. The van der Waals surface area contributed by atoms with Crippen LogP contribution in [0.1, 0.15) is 40.8 Å². The van der Waals surface area contributed by atoms with E-state index in [9.17, 15) is 4.79 Å². The van der Waals surface area contributed by atoms with E-state index in [1.807, 2.05) is 0 Å². The highest BCUT2D eigenvalue weighted by Crippen LogP contribution is 2.30. The van der Waals surface area contributed by atoms with E-state index in [1.54, 1.807) is 6.92 Å². The van der Waals surface area contributed by atoms with Gasteiger partial charge in [0.1, 0.15) is 16.0 Å². The molecular weight excluding hydrogens is 212 g/mol. The molecule has 15 heavy (non-hydrogen) atoms. The van der Waals surface area contributed by atoms with Crippen LogP contribution in [0.4, 0.5) is 0 Å². The van der Waals surface area contributed by atoms with E-state index in [2.05, 4.69) is 23.8 Å². The van der Waals surface area contributed by atoms with Gasteiger partial charge in [0, 0.05) is 11.5 Å². The molecule has 5 heteroatoms. The molecule has 0 spiro atoms. The number of hydrogen-bond donors (Lipinski definition) is 2. The summed E-state index contributed by atoms with van der Waals surface area (Å²) >= 11 is 1.53. The Kier molecular flexibility index (Phi) is 2.26. The number of aromatic nitrogens is 2. The van der Waals surface area contributed by atoms with Crippen LogP contribution < -0.4 is 0 Å². The first-order valence-electron chi connectivity index (χ1n) is 4.73. The maximum atomic E-state index is 10.9. The number of aromatic amines is 1. The quantitative estimate of drug-likeness (QED) is 0.824. The highest BCUT2D eigenvalue weighted by atomic mass is 32.1. The van der Waals surface area contributed by atoms with Gasteiger partial charge in [-0.2, -0.15) is 0 Å². The van der Waals surface area contributed by atoms with Gasteiger partial charge in [-0.25, -0.2) is 9.78 Å². The molecule has 80 valence electrons. The Hall–Kier alpha value is -1.36. The fourth-order valence-corrected chi connectivity index (χ4v) is 2.49. The van der Waals surface area contributed by atoms with Gasteiger partial charge in [-0.3, -0.25) is 0 Å². The van der Waals surface area contributed by atoms with E-state index in [0.29, 0.717) is 5.92 Å². The summed E-state index contributed by atoms with van der Waals surface area (Å²) in [5.74, 6) is -0.549. The first kappa shape index (κ1) is 10.2. The summed E-state index contributed by atoms with van der Waals surface area (Å²) in [5, 5.41) is 9.95. The third-order valence-corrected chi connectivity index (χ3v) is 3.59. The lowest BCUT2D eigenvalue weighted by Gasteiger charge is -1.96. The molecule has 2 aromatic rings. The van der Waals surface area contributed by atoms with Crippen molar-refractivity contribution in [2.75, 3.05) is 0 Å². The number of aromatic carboxylic acids is 1. The molecule has 0 fully saturated rings. The van der Waals surface area contributed by atoms with E-state index in [1.165, 1.54) is 11.3 Å². The minimum absolute atomic E-state index is 0.249. The first-order valence-corrected chi connectivity index (χ1v) is 5.54. The summed E-state index contributed by atoms with van der Waals surface area (Å²) in [4.78, 5) is 19.0. The van der Waals surface area contributed by atoms with Gasteiger partial charge in [0.2, 0.25) is 0 Å². The number of nitrogens with zero attached hydrogens (tertiary/aromatic N) is 1. The Bertz CT molecular complexity index is 525. The van der Waals surface area contributed by atoms with E-state index in [0.717, 1.165) is 20.9 Å². The smallest absolute Gasteiger partial charge is 0.352 e. The second kappa shape index (κ2) is 3.34. The topological polar surface area (TPSA) is 66.0 Å². The number of carboxylic acid groups (broad SMARTS) is 1. The molecule has 2 aromatic heterocycles. The van der Waals surface area contributed by atoms with E-state index < -0.39 is 5.97 Å². The van der Waals surface area contributed by atoms with Crippen LogP contribution in [0.3, 0.4) is 0 Å². The lowest BCUT2D eigenvalue weighted by atomic mass is 10.2. The fraction of sp³-hybridized carbons (Fsp3) is 0.400. The highest BCUT2D eigenvalue weighted by molar-refractivity contribution is 7.18. The van der Waals surface area contributed by atoms with E-state index >= 15 is 0 Å². The molecule has 0 bridgehead atoms. The molecule has 0 aliphatic rings. The van der Waals surface area contributed by atoms with Crippen LogP contribution in [0.5, 0.6) is 0 Å². The Labute approximate surface area is 91.0 Å². The summed E-state index contributed by atoms with van der Waals surface area (Å²) < 4.78 is 0. The lowest BCUT2D eigenvalue weighted by Crippen LogP contribution is -1.98. The molecule has 0 unspecified atom stereocenters. The number of hydrogen-bond acceptors (Lipinski definition) is 3. The van der Waals surface area contributed by atoms with Crippen molar-refractivity contribution in [1.29, 1.82) is 0 Å². The van der Waals surface area contributed by atoms with E-state index in [-0.39, 0.29) is 5.69 Å². The summed E-state index contributed by atoms with van der Waals surface area (Å²) in [6.07, 6.45) is 0. The molecule has 0 aromatic carbocycles. The van der Waals surface area contributed by atoms with Gasteiger partial charge in [-0.1, -0.05) is 13.8 Å². The van der Waals surface area contributed by atoms with Crippen LogP contribution in [-0.4, -0.2) is 21.0 Å². The lowest BCUT2D eigenvalue weighted by molar-refractivity contribution is 0.0691. The minimum atomic E-state index is -0.927. The predicted molar refractivity (Wildman–Crippen MR) is 59.8 cm³/mol. The van der Waals surface area contributed by atoms with Crippen molar-refractivity contribution in [3.8, 4) is 0 Å². The first-order chi connectivity index (χ1) is 7.00. The van der Waals surface area contributed by atoms with Crippen LogP contribution in [0, 0.1) is 6.92 Å². The third-order valence-electron chi connectivity index (χ3n) is 2.32. The Balaban J connectivity index is 2.62. The fourth-order valence-electron chi connectivity index (χ4n) is 1.46. The second-order valence-electron chi connectivity index (χ2n) is 3.81. The average molecular weight is 224 g/mol. The molecule has 0 saturated heterocycles. The van der Waals surface area contributed by atoms with Crippen molar-refractivity contribution >= 4 is 27.7 Å². The predicted octanol–water partition coefficient (Wildman–Crippen LogP) is 2.75. The Morgan fingerprint density at radius 2 is 2.20 bits per heavy atom. The number of aryl methyl sites for hydroxylation is 1. The molecule has 0 aliphatic heterocycles. The zero-order valence-corrected chi connectivity index (χ0v) is 9.60. The molecular formula is C10H12N2O2S. The van der Waals surface area contributed by atoms with Crippen molar-refractivity contribution in [1.82, 2.24) is 9.97 Å². The summed E-state index contributed by atoms with van der Waals surface area (Å²) in [6, 6.07) is 0. The highest BCUT2D eigenvalue weighted by Gasteiger charge is 2.17. The van der Waals surface area contributed by atoms with Crippen LogP contribution in [0.2, 0.25) is 0 Å². The number of carboxylic acids is 1. The second-order valence-corrected chi connectivity index (χ2v) is 4.85. The number of carbonyl (C=O) groups is 1.